The SMILES string of the molecule is CCC(O)C1CC(N)CN(C(=O)C2CCCCC2)C1. The van der Waals surface area contributed by atoms with Crippen LogP contribution in [0.15, 0.2) is 0 Å². The second-order valence-corrected chi connectivity index (χ2v) is 6.31. The number of nitrogens with two attached hydrogens (primary N) is 1. The molecule has 1 aliphatic carbocycles. The van der Waals surface area contributed by atoms with Gasteiger partial charge in [-0.2, -0.15) is 0 Å². The quantitative estimate of drug-likeness (QED) is 0.815. The average molecular weight is 268 g/mol. The van der Waals surface area contributed by atoms with Crippen molar-refractivity contribution in [3.05, 3.63) is 0 Å². The summed E-state index contributed by atoms with van der Waals surface area (Å²) in [4.78, 5) is 14.5. The molecule has 0 spiro atoms. The highest BCUT2D eigenvalue weighted by Gasteiger charge is 2.34. The molecule has 3 atom stereocenters. The van der Waals surface area contributed by atoms with Gasteiger partial charge >= 0.3 is 0 Å². The number of aliphatic hydroxyl groups excluding tert-OH is 1. The van der Waals surface area contributed by atoms with E-state index in [0.717, 1.165) is 25.7 Å². The number of piperidine rings is 1. The van der Waals surface area contributed by atoms with Gasteiger partial charge in [0.05, 0.1) is 6.10 Å². The Bertz CT molecular complexity index is 303. The van der Waals surface area contributed by atoms with Crippen molar-refractivity contribution in [2.45, 2.75) is 64.0 Å². The summed E-state index contributed by atoms with van der Waals surface area (Å²) in [7, 11) is 0. The van der Waals surface area contributed by atoms with Crippen molar-refractivity contribution in [3.8, 4) is 0 Å². The van der Waals surface area contributed by atoms with Crippen LogP contribution in [0.25, 0.3) is 0 Å². The zero-order valence-electron chi connectivity index (χ0n) is 12.1. The number of likely N-dealkylation sites (tertiary alicyclic amines) is 1. The zero-order chi connectivity index (χ0) is 13.8. The van der Waals surface area contributed by atoms with Gasteiger partial charge in [0.2, 0.25) is 5.91 Å². The molecule has 1 amide bonds. The van der Waals surface area contributed by atoms with Crippen molar-refractivity contribution < 1.29 is 9.90 Å². The molecule has 1 saturated carbocycles. The lowest BCUT2D eigenvalue weighted by Crippen LogP contribution is -2.53. The smallest absolute Gasteiger partial charge is 0.225 e. The van der Waals surface area contributed by atoms with Crippen molar-refractivity contribution in [2.75, 3.05) is 13.1 Å². The number of carbonyl (C=O) groups excluding carboxylic acids is 1. The van der Waals surface area contributed by atoms with Gasteiger partial charge in [-0.05, 0) is 25.7 Å². The Balaban J connectivity index is 1.96. The Kier molecular flexibility index (Phi) is 5.22. The number of aliphatic hydroxyl groups is 1. The summed E-state index contributed by atoms with van der Waals surface area (Å²) >= 11 is 0. The highest BCUT2D eigenvalue weighted by molar-refractivity contribution is 5.79. The van der Waals surface area contributed by atoms with E-state index in [2.05, 4.69) is 0 Å². The molecule has 2 fully saturated rings. The summed E-state index contributed by atoms with van der Waals surface area (Å²) in [6, 6.07) is 0.0208. The number of rotatable bonds is 3. The van der Waals surface area contributed by atoms with Crippen LogP contribution in [0.2, 0.25) is 0 Å². The molecule has 4 nitrogen and oxygen atoms in total. The van der Waals surface area contributed by atoms with E-state index >= 15 is 0 Å². The third-order valence-corrected chi connectivity index (χ3v) is 4.74. The summed E-state index contributed by atoms with van der Waals surface area (Å²) in [6.45, 7) is 3.35. The molecule has 4 heteroatoms. The fraction of sp³-hybridized carbons (Fsp3) is 0.933. The van der Waals surface area contributed by atoms with Crippen molar-refractivity contribution in [1.29, 1.82) is 0 Å². The van der Waals surface area contributed by atoms with Crippen molar-refractivity contribution in [1.82, 2.24) is 4.90 Å². The maximum atomic E-state index is 12.5. The minimum absolute atomic E-state index is 0.0208. The first-order chi connectivity index (χ1) is 9.11. The zero-order valence-corrected chi connectivity index (χ0v) is 12.1. The van der Waals surface area contributed by atoms with Crippen LogP contribution in [0, 0.1) is 11.8 Å². The van der Waals surface area contributed by atoms with Crippen LogP contribution >= 0.6 is 0 Å². The van der Waals surface area contributed by atoms with Gasteiger partial charge in [-0.25, -0.2) is 0 Å². The lowest BCUT2D eigenvalue weighted by atomic mass is 9.85. The number of nitrogens with zero attached hydrogens (tertiary/aromatic N) is 1. The molecule has 1 heterocycles. The topological polar surface area (TPSA) is 66.6 Å². The third-order valence-electron chi connectivity index (χ3n) is 4.74. The molecule has 1 aliphatic heterocycles. The molecule has 0 aromatic rings. The number of carbonyl (C=O) groups is 1. The minimum Gasteiger partial charge on any atom is -0.393 e. The molecule has 1 saturated heterocycles. The molecular weight excluding hydrogens is 240 g/mol. The average Bonchev–Trinajstić information content (AvgIpc) is 2.45. The predicted octanol–water partition coefficient (Wildman–Crippen LogP) is 1.51. The fourth-order valence-corrected chi connectivity index (χ4v) is 3.58. The molecule has 0 aromatic carbocycles. The van der Waals surface area contributed by atoms with Crippen molar-refractivity contribution in [2.24, 2.45) is 17.6 Å². The summed E-state index contributed by atoms with van der Waals surface area (Å²) in [5.74, 6) is 0.642. The van der Waals surface area contributed by atoms with E-state index in [1.807, 2.05) is 11.8 Å². The molecule has 0 aromatic heterocycles. The van der Waals surface area contributed by atoms with Gasteiger partial charge in [0.1, 0.15) is 0 Å². The van der Waals surface area contributed by atoms with Crippen LogP contribution in [0.1, 0.15) is 51.9 Å². The van der Waals surface area contributed by atoms with Crippen molar-refractivity contribution in [3.63, 3.8) is 0 Å². The maximum absolute atomic E-state index is 12.5. The van der Waals surface area contributed by atoms with E-state index in [0.29, 0.717) is 13.1 Å². The number of hydrogen-bond acceptors (Lipinski definition) is 3. The van der Waals surface area contributed by atoms with Gasteiger partial charge in [0.15, 0.2) is 0 Å². The van der Waals surface area contributed by atoms with Crippen LogP contribution in [0.4, 0.5) is 0 Å². The second-order valence-electron chi connectivity index (χ2n) is 6.31. The lowest BCUT2D eigenvalue weighted by molar-refractivity contribution is -0.139. The molecular formula is C15H28N2O2. The largest absolute Gasteiger partial charge is 0.393 e. The third kappa shape index (κ3) is 3.69. The molecule has 2 rings (SSSR count). The number of hydrogen-bond donors (Lipinski definition) is 2. The highest BCUT2D eigenvalue weighted by Crippen LogP contribution is 2.28. The molecule has 3 unspecified atom stereocenters. The summed E-state index contributed by atoms with van der Waals surface area (Å²) in [5.41, 5.74) is 6.07. The Morgan fingerprint density at radius 3 is 2.63 bits per heavy atom. The first kappa shape index (κ1) is 14.8. The minimum atomic E-state index is -0.326. The van der Waals surface area contributed by atoms with E-state index in [1.165, 1.54) is 19.3 Å². The molecule has 0 radical (unpaired) electrons. The van der Waals surface area contributed by atoms with Gasteiger partial charge in [-0.15, -0.1) is 0 Å². The molecule has 110 valence electrons. The van der Waals surface area contributed by atoms with Crippen LogP contribution < -0.4 is 5.73 Å². The van der Waals surface area contributed by atoms with Gasteiger partial charge in [0, 0.05) is 31.0 Å². The van der Waals surface area contributed by atoms with E-state index in [4.69, 9.17) is 5.73 Å². The van der Waals surface area contributed by atoms with Crippen LogP contribution in [0.3, 0.4) is 0 Å². The summed E-state index contributed by atoms with van der Waals surface area (Å²) < 4.78 is 0. The first-order valence-electron chi connectivity index (χ1n) is 7.84. The van der Waals surface area contributed by atoms with Gasteiger partial charge in [0.25, 0.3) is 0 Å². The molecule has 2 aliphatic rings. The van der Waals surface area contributed by atoms with E-state index in [1.54, 1.807) is 0 Å². The molecule has 3 N–H and O–H groups in total. The fourth-order valence-electron chi connectivity index (χ4n) is 3.58. The Hall–Kier alpha value is -0.610. The standard InChI is InChI=1S/C15H28N2O2/c1-2-14(18)12-8-13(16)10-17(9-12)15(19)11-6-4-3-5-7-11/h11-14,18H,2-10,16H2,1H3. The maximum Gasteiger partial charge on any atom is 0.225 e. The molecule has 19 heavy (non-hydrogen) atoms. The van der Waals surface area contributed by atoms with Crippen LogP contribution in [-0.4, -0.2) is 41.1 Å². The predicted molar refractivity (Wildman–Crippen MR) is 75.5 cm³/mol. The highest BCUT2D eigenvalue weighted by atomic mass is 16.3. The summed E-state index contributed by atoms with van der Waals surface area (Å²) in [6.07, 6.45) is 6.94. The van der Waals surface area contributed by atoms with Crippen molar-refractivity contribution >= 4 is 5.91 Å². The van der Waals surface area contributed by atoms with Crippen LogP contribution in [0.5, 0.6) is 0 Å². The lowest BCUT2D eigenvalue weighted by Gasteiger charge is -2.40. The van der Waals surface area contributed by atoms with Gasteiger partial charge in [-0.3, -0.25) is 4.79 Å². The van der Waals surface area contributed by atoms with Crippen LogP contribution in [-0.2, 0) is 4.79 Å². The monoisotopic (exact) mass is 268 g/mol. The van der Waals surface area contributed by atoms with E-state index in [-0.39, 0.29) is 29.9 Å². The molecule has 0 bridgehead atoms. The Morgan fingerprint density at radius 1 is 1.32 bits per heavy atom. The summed E-state index contributed by atoms with van der Waals surface area (Å²) in [5, 5.41) is 10.0. The van der Waals surface area contributed by atoms with E-state index in [9.17, 15) is 9.90 Å². The Morgan fingerprint density at radius 2 is 2.00 bits per heavy atom. The van der Waals surface area contributed by atoms with Gasteiger partial charge < -0.3 is 15.7 Å². The van der Waals surface area contributed by atoms with E-state index < -0.39 is 0 Å². The normalized spacial score (nSPS) is 31.2. The second kappa shape index (κ2) is 6.71. The Labute approximate surface area is 116 Å². The number of amides is 1. The van der Waals surface area contributed by atoms with Gasteiger partial charge in [-0.1, -0.05) is 26.2 Å². The first-order valence-corrected chi connectivity index (χ1v) is 7.84.